The summed E-state index contributed by atoms with van der Waals surface area (Å²) < 4.78 is 18.8. The summed E-state index contributed by atoms with van der Waals surface area (Å²) in [5, 5.41) is 0.774. The number of thiophene rings is 1. The van der Waals surface area contributed by atoms with Gasteiger partial charge in [0.15, 0.2) is 11.5 Å². The number of imidazole rings is 1. The lowest BCUT2D eigenvalue weighted by Gasteiger charge is -2.18. The molecule has 1 aromatic carbocycles. The average Bonchev–Trinajstić information content (AvgIpc) is 3.40. The molecule has 7 nitrogen and oxygen atoms in total. The van der Waals surface area contributed by atoms with Crippen molar-refractivity contribution in [1.29, 1.82) is 0 Å². The van der Waals surface area contributed by atoms with Gasteiger partial charge in [-0.3, -0.25) is 9.36 Å². The van der Waals surface area contributed by atoms with Gasteiger partial charge in [-0.1, -0.05) is 19.1 Å². The Morgan fingerprint density at radius 3 is 2.69 bits per heavy atom. The number of methoxy groups -OCH3 is 2. The van der Waals surface area contributed by atoms with E-state index in [-0.39, 0.29) is 0 Å². The number of benzene rings is 1. The first-order chi connectivity index (χ1) is 15.4. The van der Waals surface area contributed by atoms with Crippen LogP contribution in [0.15, 0.2) is 47.2 Å². The molecule has 1 amide bonds. The summed E-state index contributed by atoms with van der Waals surface area (Å²) in [5.74, 6) is 1.66. The molecule has 168 valence electrons. The van der Waals surface area contributed by atoms with E-state index in [0.717, 1.165) is 28.0 Å². The highest BCUT2D eigenvalue weighted by Crippen LogP contribution is 2.37. The summed E-state index contributed by atoms with van der Waals surface area (Å²) >= 11 is 2.97. The van der Waals surface area contributed by atoms with Crippen LogP contribution in [-0.2, 0) is 0 Å². The monoisotopic (exact) mass is 471 g/mol. The second kappa shape index (κ2) is 9.30. The average molecular weight is 472 g/mol. The summed E-state index contributed by atoms with van der Waals surface area (Å²) in [6.45, 7) is 2.58. The van der Waals surface area contributed by atoms with Crippen LogP contribution in [0.4, 0.5) is 0 Å². The number of amides is 1. The molecule has 0 saturated carbocycles. The number of nitrogens with zero attached hydrogens (tertiary/aromatic N) is 2. The van der Waals surface area contributed by atoms with Crippen LogP contribution in [0.3, 0.4) is 0 Å². The molecule has 1 aliphatic rings. The van der Waals surface area contributed by atoms with Crippen molar-refractivity contribution in [2.75, 3.05) is 27.1 Å². The van der Waals surface area contributed by atoms with E-state index in [4.69, 9.17) is 19.9 Å². The number of hydrogen-bond donors (Lipinski definition) is 1. The lowest BCUT2D eigenvalue weighted by atomic mass is 9.99. The van der Waals surface area contributed by atoms with Crippen molar-refractivity contribution in [3.05, 3.63) is 52.0 Å². The minimum atomic E-state index is -0.521. The van der Waals surface area contributed by atoms with Crippen molar-refractivity contribution >= 4 is 40.0 Å². The number of carbonyl (C=O) groups is 1. The summed E-state index contributed by atoms with van der Waals surface area (Å²) in [7, 11) is 3.17. The second-order valence-electron chi connectivity index (χ2n) is 7.42. The van der Waals surface area contributed by atoms with Crippen LogP contribution < -0.4 is 19.9 Å². The molecule has 32 heavy (non-hydrogen) atoms. The van der Waals surface area contributed by atoms with Gasteiger partial charge in [0, 0.05) is 23.1 Å². The third-order valence-corrected chi connectivity index (χ3v) is 7.26. The minimum absolute atomic E-state index is 0.377. The molecule has 9 heteroatoms. The van der Waals surface area contributed by atoms with Crippen LogP contribution in [0.2, 0.25) is 0 Å². The van der Waals surface area contributed by atoms with Gasteiger partial charge in [-0.25, -0.2) is 4.98 Å². The van der Waals surface area contributed by atoms with Crippen LogP contribution in [0, 0.1) is 5.92 Å². The highest BCUT2D eigenvalue weighted by Gasteiger charge is 2.20. The van der Waals surface area contributed by atoms with E-state index in [2.05, 4.69) is 30.3 Å². The Balaban J connectivity index is 1.67. The van der Waals surface area contributed by atoms with Crippen molar-refractivity contribution in [2.45, 2.75) is 13.3 Å². The molecule has 0 bridgehead atoms. The van der Waals surface area contributed by atoms with E-state index < -0.39 is 5.91 Å². The van der Waals surface area contributed by atoms with Crippen LogP contribution in [0.1, 0.15) is 23.0 Å². The number of fused-ring (bicyclic) bond motifs is 1. The zero-order valence-corrected chi connectivity index (χ0v) is 20.0. The van der Waals surface area contributed by atoms with Crippen LogP contribution in [0.5, 0.6) is 17.2 Å². The largest absolute Gasteiger partial charge is 0.493 e. The molecular formula is C23H25N3O4S2. The maximum atomic E-state index is 12.1. The molecule has 0 radical (unpaired) electrons. The number of aromatic nitrogens is 2. The van der Waals surface area contributed by atoms with Crippen LogP contribution in [0.25, 0.3) is 16.0 Å². The number of carbonyl (C=O) groups excluding carboxylic acids is 1. The Labute approximate surface area is 194 Å². The number of rotatable bonds is 8. The first kappa shape index (κ1) is 22.3. The maximum Gasteiger partial charge on any atom is 0.262 e. The minimum Gasteiger partial charge on any atom is -0.493 e. The van der Waals surface area contributed by atoms with Crippen molar-refractivity contribution < 1.29 is 19.0 Å². The molecule has 2 aromatic heterocycles. The smallest absolute Gasteiger partial charge is 0.262 e. The number of thioether (sulfide) groups is 1. The molecule has 0 fully saturated rings. The van der Waals surface area contributed by atoms with Crippen LogP contribution >= 0.6 is 23.1 Å². The van der Waals surface area contributed by atoms with E-state index in [9.17, 15) is 4.79 Å². The lowest BCUT2D eigenvalue weighted by Crippen LogP contribution is -2.12. The van der Waals surface area contributed by atoms with E-state index in [1.54, 1.807) is 32.3 Å². The van der Waals surface area contributed by atoms with Gasteiger partial charge in [0.25, 0.3) is 5.91 Å². The number of nitrogens with two attached hydrogens (primary N) is 1. The number of primary amides is 1. The first-order valence-corrected chi connectivity index (χ1v) is 12.1. The fourth-order valence-electron chi connectivity index (χ4n) is 3.62. The summed E-state index contributed by atoms with van der Waals surface area (Å²) in [4.78, 5) is 18.2. The quantitative estimate of drug-likeness (QED) is 0.508. The second-order valence-corrected chi connectivity index (χ2v) is 9.30. The van der Waals surface area contributed by atoms with Crippen molar-refractivity contribution in [2.24, 2.45) is 11.7 Å². The lowest BCUT2D eigenvalue weighted by molar-refractivity contribution is 0.100. The Kier molecular flexibility index (Phi) is 6.48. The van der Waals surface area contributed by atoms with Gasteiger partial charge < -0.3 is 19.9 Å². The predicted octanol–water partition coefficient (Wildman–Crippen LogP) is 4.80. The SMILES string of the molecule is COc1cc2ncn(-c3cc(OCC4=CCC(C)C=C4SC)c(C(N)=O)s3)c2cc1OC. The molecule has 1 unspecified atom stereocenters. The van der Waals surface area contributed by atoms with Gasteiger partial charge >= 0.3 is 0 Å². The molecule has 1 atom stereocenters. The first-order valence-electron chi connectivity index (χ1n) is 10.1. The fraction of sp³-hybridized carbons (Fsp3) is 0.304. The highest BCUT2D eigenvalue weighted by molar-refractivity contribution is 8.02. The van der Waals surface area contributed by atoms with E-state index >= 15 is 0 Å². The molecule has 1 aliphatic carbocycles. The Morgan fingerprint density at radius 1 is 1.25 bits per heavy atom. The molecule has 3 aromatic rings. The predicted molar refractivity (Wildman–Crippen MR) is 130 cm³/mol. The zero-order valence-electron chi connectivity index (χ0n) is 18.4. The summed E-state index contributed by atoms with van der Waals surface area (Å²) in [6, 6.07) is 5.50. The van der Waals surface area contributed by atoms with Gasteiger partial charge in [-0.2, -0.15) is 0 Å². The van der Waals surface area contributed by atoms with Crippen LogP contribution in [-0.4, -0.2) is 42.5 Å². The molecular weight excluding hydrogens is 446 g/mol. The van der Waals surface area contributed by atoms with Gasteiger partial charge in [0.2, 0.25) is 0 Å². The maximum absolute atomic E-state index is 12.1. The zero-order chi connectivity index (χ0) is 22.8. The van der Waals surface area contributed by atoms with Crippen molar-refractivity contribution in [3.63, 3.8) is 0 Å². The molecule has 2 heterocycles. The van der Waals surface area contributed by atoms with Crippen molar-refractivity contribution in [3.8, 4) is 22.2 Å². The van der Waals surface area contributed by atoms with Gasteiger partial charge in [-0.15, -0.1) is 23.1 Å². The fourth-order valence-corrected chi connectivity index (χ4v) is 5.33. The van der Waals surface area contributed by atoms with E-state index in [1.807, 2.05) is 22.8 Å². The van der Waals surface area contributed by atoms with E-state index in [0.29, 0.717) is 34.7 Å². The standard InChI is InChI=1S/C23H25N3O4S2/c1-13-5-6-14(20(7-13)31-4)11-30-19-10-21(32-22(19)23(24)27)26-12-25-15-8-17(28-2)18(29-3)9-16(15)26/h6-10,12-13H,5,11H2,1-4H3,(H2,24,27). The highest BCUT2D eigenvalue weighted by atomic mass is 32.2. The Hall–Kier alpha value is -2.91. The molecule has 0 saturated heterocycles. The van der Waals surface area contributed by atoms with Gasteiger partial charge in [0.1, 0.15) is 28.6 Å². The number of ether oxygens (including phenoxy) is 3. The normalized spacial score (nSPS) is 15.9. The van der Waals surface area contributed by atoms with Crippen molar-refractivity contribution in [1.82, 2.24) is 9.55 Å². The topological polar surface area (TPSA) is 88.6 Å². The Bertz CT molecular complexity index is 1230. The summed E-state index contributed by atoms with van der Waals surface area (Å²) in [6.07, 6.45) is 9.20. The van der Waals surface area contributed by atoms with Gasteiger partial charge in [0.05, 0.1) is 25.3 Å². The third kappa shape index (κ3) is 4.22. The molecule has 0 spiro atoms. The number of hydrogen-bond acceptors (Lipinski definition) is 7. The third-order valence-electron chi connectivity index (χ3n) is 5.29. The van der Waals surface area contributed by atoms with Gasteiger partial charge in [-0.05, 0) is 24.2 Å². The Morgan fingerprint density at radius 2 is 2.00 bits per heavy atom. The summed E-state index contributed by atoms with van der Waals surface area (Å²) in [5.41, 5.74) is 8.35. The van der Waals surface area contributed by atoms with E-state index in [1.165, 1.54) is 16.2 Å². The molecule has 4 rings (SSSR count). The molecule has 0 aliphatic heterocycles. The molecule has 2 N–H and O–H groups in total. The number of allylic oxidation sites excluding steroid dienone is 2.